The van der Waals surface area contributed by atoms with E-state index in [0.717, 1.165) is 40.3 Å². The zero-order chi connectivity index (χ0) is 20.0. The van der Waals surface area contributed by atoms with E-state index < -0.39 is 0 Å². The van der Waals surface area contributed by atoms with Crippen molar-refractivity contribution in [2.45, 2.75) is 38.6 Å². The molecule has 5 rings (SSSR count). The molecule has 3 aromatic rings. The van der Waals surface area contributed by atoms with E-state index in [1.165, 1.54) is 12.8 Å². The molecule has 8 nitrogen and oxygen atoms in total. The van der Waals surface area contributed by atoms with Crippen LogP contribution in [-0.2, 0) is 0 Å². The molecule has 0 spiro atoms. The molecule has 1 aliphatic carbocycles. The van der Waals surface area contributed by atoms with Gasteiger partial charge >= 0.3 is 6.03 Å². The highest BCUT2D eigenvalue weighted by Crippen LogP contribution is 2.39. The maximum absolute atomic E-state index is 12.9. The Kier molecular flexibility index (Phi) is 4.46. The van der Waals surface area contributed by atoms with E-state index in [4.69, 9.17) is 4.98 Å². The monoisotopic (exact) mass is 409 g/mol. The van der Waals surface area contributed by atoms with Crippen molar-refractivity contribution in [1.29, 1.82) is 0 Å². The Morgan fingerprint density at radius 3 is 2.86 bits per heavy atom. The predicted octanol–water partition coefficient (Wildman–Crippen LogP) is 4.39. The molecule has 150 valence electrons. The van der Waals surface area contributed by atoms with Crippen molar-refractivity contribution >= 4 is 50.7 Å². The third kappa shape index (κ3) is 3.05. The van der Waals surface area contributed by atoms with E-state index in [1.54, 1.807) is 34.5 Å². The highest BCUT2D eigenvalue weighted by molar-refractivity contribution is 7.16. The molecule has 0 bridgehead atoms. The summed E-state index contributed by atoms with van der Waals surface area (Å²) in [6.45, 7) is 2.61. The normalized spacial score (nSPS) is 17.3. The second kappa shape index (κ2) is 7.14. The minimum Gasteiger partial charge on any atom is -0.324 e. The number of thiazole rings is 1. The highest BCUT2D eigenvalue weighted by atomic mass is 32.1. The first-order valence-electron chi connectivity index (χ1n) is 9.97. The van der Waals surface area contributed by atoms with Gasteiger partial charge in [-0.15, -0.1) is 11.3 Å². The highest BCUT2D eigenvalue weighted by Gasteiger charge is 2.39. The standard InChI is InChI=1S/C20H23N7OS/c1-3-26-20(28)25(2)16-11-21-19(24-18(16)27(26)14-6-4-5-7-14)23-13-8-9-17-15(10-13)22-12-29-17/h8-12,14H,3-7H2,1-2H3,(H,21,23,24). The maximum atomic E-state index is 12.9. The van der Waals surface area contributed by atoms with Gasteiger partial charge in [-0.25, -0.2) is 19.8 Å². The number of rotatable bonds is 4. The number of carbonyl (C=O) groups is 1. The molecule has 0 radical (unpaired) electrons. The van der Waals surface area contributed by atoms with Crippen LogP contribution in [0.15, 0.2) is 29.9 Å². The molecule has 1 aliphatic heterocycles. The third-order valence-electron chi connectivity index (χ3n) is 5.65. The first-order valence-corrected chi connectivity index (χ1v) is 10.9. The van der Waals surface area contributed by atoms with Gasteiger partial charge in [0.2, 0.25) is 5.95 Å². The summed E-state index contributed by atoms with van der Waals surface area (Å²) >= 11 is 1.62. The van der Waals surface area contributed by atoms with Gasteiger partial charge in [-0.1, -0.05) is 12.8 Å². The zero-order valence-electron chi connectivity index (χ0n) is 16.5. The lowest BCUT2D eigenvalue weighted by molar-refractivity contribution is 0.191. The molecule has 29 heavy (non-hydrogen) atoms. The van der Waals surface area contributed by atoms with Crippen LogP contribution in [0, 0.1) is 0 Å². The summed E-state index contributed by atoms with van der Waals surface area (Å²) in [6, 6.07) is 6.30. The molecule has 1 saturated carbocycles. The van der Waals surface area contributed by atoms with Crippen LogP contribution in [-0.4, -0.2) is 45.6 Å². The second-order valence-corrected chi connectivity index (χ2v) is 8.29. The number of anilines is 4. The number of urea groups is 1. The summed E-state index contributed by atoms with van der Waals surface area (Å²) in [6.07, 6.45) is 6.24. The third-order valence-corrected chi connectivity index (χ3v) is 6.46. The summed E-state index contributed by atoms with van der Waals surface area (Å²) in [5, 5.41) is 7.20. The summed E-state index contributed by atoms with van der Waals surface area (Å²) in [7, 11) is 1.78. The molecule has 0 unspecified atom stereocenters. The lowest BCUT2D eigenvalue weighted by Crippen LogP contribution is -2.59. The molecule has 1 N–H and O–H groups in total. The van der Waals surface area contributed by atoms with E-state index in [2.05, 4.69) is 20.3 Å². The fraction of sp³-hybridized carbons (Fsp3) is 0.400. The first-order chi connectivity index (χ1) is 14.2. The van der Waals surface area contributed by atoms with Gasteiger partial charge in [0.15, 0.2) is 5.82 Å². The van der Waals surface area contributed by atoms with Crippen LogP contribution in [0.1, 0.15) is 32.6 Å². The number of aromatic nitrogens is 3. The molecular formula is C20H23N7OS. The molecule has 2 amide bonds. The van der Waals surface area contributed by atoms with Crippen LogP contribution < -0.4 is 15.2 Å². The maximum Gasteiger partial charge on any atom is 0.343 e. The zero-order valence-corrected chi connectivity index (χ0v) is 17.3. The smallest absolute Gasteiger partial charge is 0.324 e. The van der Waals surface area contributed by atoms with Crippen LogP contribution in [0.2, 0.25) is 0 Å². The van der Waals surface area contributed by atoms with Gasteiger partial charge < -0.3 is 5.32 Å². The summed E-state index contributed by atoms with van der Waals surface area (Å²) in [5.74, 6) is 1.30. The summed E-state index contributed by atoms with van der Waals surface area (Å²) < 4.78 is 1.15. The predicted molar refractivity (Wildman–Crippen MR) is 116 cm³/mol. The van der Waals surface area contributed by atoms with E-state index in [1.807, 2.05) is 30.6 Å². The number of hydrogen-bond donors (Lipinski definition) is 1. The molecule has 9 heteroatoms. The quantitative estimate of drug-likeness (QED) is 0.689. The van der Waals surface area contributed by atoms with Crippen molar-refractivity contribution in [3.8, 4) is 0 Å². The minimum absolute atomic E-state index is 0.0369. The Bertz CT molecular complexity index is 1060. The van der Waals surface area contributed by atoms with E-state index in [-0.39, 0.29) is 6.03 Å². The Balaban J connectivity index is 1.53. The van der Waals surface area contributed by atoms with Crippen LogP contribution in [0.4, 0.5) is 27.9 Å². The molecule has 2 aromatic heterocycles. The first kappa shape index (κ1) is 18.1. The topological polar surface area (TPSA) is 77.5 Å². The van der Waals surface area contributed by atoms with Gasteiger partial charge in [0.1, 0.15) is 5.69 Å². The molecule has 0 saturated heterocycles. The summed E-state index contributed by atoms with van der Waals surface area (Å²) in [4.78, 5) is 28.2. The van der Waals surface area contributed by atoms with Crippen LogP contribution in [0.5, 0.6) is 0 Å². The van der Waals surface area contributed by atoms with Crippen LogP contribution in [0.3, 0.4) is 0 Å². The lowest BCUT2D eigenvalue weighted by Gasteiger charge is -2.45. The number of nitrogens with zero attached hydrogens (tertiary/aromatic N) is 6. The Hall–Kier alpha value is -2.94. The number of hydrogen-bond acceptors (Lipinski definition) is 7. The van der Waals surface area contributed by atoms with Crippen molar-refractivity contribution in [1.82, 2.24) is 20.0 Å². The molecular weight excluding hydrogens is 386 g/mol. The van der Waals surface area contributed by atoms with Crippen molar-refractivity contribution in [2.75, 3.05) is 28.8 Å². The van der Waals surface area contributed by atoms with Gasteiger partial charge in [-0.3, -0.25) is 9.91 Å². The van der Waals surface area contributed by atoms with Crippen molar-refractivity contribution < 1.29 is 4.79 Å². The number of benzene rings is 1. The fourth-order valence-electron chi connectivity index (χ4n) is 4.19. The van der Waals surface area contributed by atoms with Gasteiger partial charge in [0, 0.05) is 19.3 Å². The van der Waals surface area contributed by atoms with Crippen molar-refractivity contribution in [3.63, 3.8) is 0 Å². The number of amides is 2. The van der Waals surface area contributed by atoms with E-state index in [0.29, 0.717) is 18.5 Å². The van der Waals surface area contributed by atoms with Crippen LogP contribution >= 0.6 is 11.3 Å². The van der Waals surface area contributed by atoms with Crippen molar-refractivity contribution in [3.05, 3.63) is 29.9 Å². The Morgan fingerprint density at radius 1 is 1.24 bits per heavy atom. The SMILES string of the molecule is CCN1C(=O)N(C)c2cnc(Nc3ccc4scnc4c3)nc2N1C1CCCC1. The summed E-state index contributed by atoms with van der Waals surface area (Å²) in [5.41, 5.74) is 4.43. The average Bonchev–Trinajstić information content (AvgIpc) is 3.42. The fourth-order valence-corrected chi connectivity index (χ4v) is 4.84. The van der Waals surface area contributed by atoms with Crippen molar-refractivity contribution in [2.24, 2.45) is 0 Å². The van der Waals surface area contributed by atoms with Crippen LogP contribution in [0.25, 0.3) is 10.2 Å². The molecule has 2 aliphatic rings. The minimum atomic E-state index is -0.0369. The van der Waals surface area contributed by atoms with E-state index >= 15 is 0 Å². The number of hydrazine groups is 1. The largest absolute Gasteiger partial charge is 0.343 e. The van der Waals surface area contributed by atoms with Gasteiger partial charge in [-0.05, 0) is 38.0 Å². The molecule has 3 heterocycles. The van der Waals surface area contributed by atoms with E-state index in [9.17, 15) is 4.79 Å². The Labute approximate surface area is 173 Å². The van der Waals surface area contributed by atoms with Gasteiger partial charge in [0.05, 0.1) is 28.0 Å². The lowest BCUT2D eigenvalue weighted by atomic mass is 10.2. The second-order valence-electron chi connectivity index (χ2n) is 7.40. The average molecular weight is 410 g/mol. The molecule has 1 aromatic carbocycles. The number of carbonyl (C=O) groups excluding carboxylic acids is 1. The molecule has 0 atom stereocenters. The van der Waals surface area contributed by atoms with Gasteiger partial charge in [-0.2, -0.15) is 4.98 Å². The van der Waals surface area contributed by atoms with Gasteiger partial charge in [0.25, 0.3) is 0 Å². The number of nitrogens with one attached hydrogen (secondary N) is 1. The Morgan fingerprint density at radius 2 is 2.07 bits per heavy atom. The number of fused-ring (bicyclic) bond motifs is 2. The molecule has 1 fully saturated rings.